The number of nitrogens with zero attached hydrogens (tertiary/aromatic N) is 1. The zero-order valence-electron chi connectivity index (χ0n) is 10.3. The zero-order valence-corrected chi connectivity index (χ0v) is 10.3. The molecule has 1 N–H and O–H groups in total. The third kappa shape index (κ3) is 3.18. The minimum Gasteiger partial charge on any atom is -0.312 e. The van der Waals surface area contributed by atoms with E-state index in [0.29, 0.717) is 0 Å². The Balaban J connectivity index is 1.68. The molecule has 3 atom stereocenters. The molecule has 15 heavy (non-hydrogen) atoms. The number of likely N-dealkylation sites (tertiary alicyclic amines) is 1. The van der Waals surface area contributed by atoms with Gasteiger partial charge in [-0.25, -0.2) is 0 Å². The van der Waals surface area contributed by atoms with Crippen LogP contribution in [0.25, 0.3) is 0 Å². The van der Waals surface area contributed by atoms with E-state index in [2.05, 4.69) is 24.2 Å². The number of likely N-dealkylation sites (N-methyl/N-ethyl adjacent to an activating group) is 1. The second kappa shape index (κ2) is 5.31. The Morgan fingerprint density at radius 3 is 2.73 bits per heavy atom. The second-order valence-corrected chi connectivity index (χ2v) is 5.68. The van der Waals surface area contributed by atoms with Gasteiger partial charge in [0.25, 0.3) is 0 Å². The van der Waals surface area contributed by atoms with E-state index < -0.39 is 0 Å². The van der Waals surface area contributed by atoms with Crippen molar-refractivity contribution in [2.45, 2.75) is 45.1 Å². The molecule has 2 heteroatoms. The van der Waals surface area contributed by atoms with Gasteiger partial charge in [-0.1, -0.05) is 19.8 Å². The van der Waals surface area contributed by atoms with Gasteiger partial charge in [0, 0.05) is 12.6 Å². The number of nitrogens with one attached hydrogen (secondary N) is 1. The molecule has 0 aromatic carbocycles. The van der Waals surface area contributed by atoms with Gasteiger partial charge in [-0.15, -0.1) is 0 Å². The van der Waals surface area contributed by atoms with Crippen LogP contribution in [0.3, 0.4) is 0 Å². The highest BCUT2D eigenvalue weighted by Crippen LogP contribution is 2.30. The minimum atomic E-state index is 0.761. The van der Waals surface area contributed by atoms with E-state index >= 15 is 0 Å². The van der Waals surface area contributed by atoms with Crippen molar-refractivity contribution in [3.8, 4) is 0 Å². The first-order valence-corrected chi connectivity index (χ1v) is 6.67. The SMILES string of the molecule is CC1CCCC1CNC1CCCN(C)C1. The Bertz CT molecular complexity index is 193. The standard InChI is InChI=1S/C13H26N2/c1-11-5-3-6-12(11)9-14-13-7-4-8-15(2)10-13/h11-14H,3-10H2,1-2H3. The highest BCUT2D eigenvalue weighted by atomic mass is 15.1. The van der Waals surface area contributed by atoms with E-state index in [4.69, 9.17) is 0 Å². The molecule has 2 nitrogen and oxygen atoms in total. The fourth-order valence-corrected chi connectivity index (χ4v) is 3.18. The van der Waals surface area contributed by atoms with Crippen LogP contribution in [0, 0.1) is 11.8 Å². The summed E-state index contributed by atoms with van der Waals surface area (Å²) in [4.78, 5) is 2.46. The quantitative estimate of drug-likeness (QED) is 0.767. The third-order valence-corrected chi connectivity index (χ3v) is 4.33. The van der Waals surface area contributed by atoms with E-state index in [0.717, 1.165) is 17.9 Å². The van der Waals surface area contributed by atoms with Crippen molar-refractivity contribution in [2.24, 2.45) is 11.8 Å². The lowest BCUT2D eigenvalue weighted by Gasteiger charge is -2.31. The second-order valence-electron chi connectivity index (χ2n) is 5.68. The topological polar surface area (TPSA) is 15.3 Å². The average Bonchev–Trinajstić information content (AvgIpc) is 2.61. The van der Waals surface area contributed by atoms with Gasteiger partial charge in [-0.2, -0.15) is 0 Å². The van der Waals surface area contributed by atoms with Crippen LogP contribution in [-0.2, 0) is 0 Å². The molecule has 0 aromatic heterocycles. The molecule has 0 aromatic rings. The summed E-state index contributed by atoms with van der Waals surface area (Å²) in [6.07, 6.45) is 7.12. The Morgan fingerprint density at radius 1 is 1.20 bits per heavy atom. The summed E-state index contributed by atoms with van der Waals surface area (Å²) >= 11 is 0. The molecule has 2 rings (SSSR count). The van der Waals surface area contributed by atoms with Crippen molar-refractivity contribution in [3.63, 3.8) is 0 Å². The van der Waals surface area contributed by atoms with Crippen LogP contribution in [0.1, 0.15) is 39.0 Å². The molecule has 88 valence electrons. The Kier molecular flexibility index (Phi) is 4.04. The normalized spacial score (nSPS) is 38.4. The Labute approximate surface area is 94.4 Å². The fraction of sp³-hybridized carbons (Fsp3) is 1.00. The average molecular weight is 210 g/mol. The number of piperidine rings is 1. The number of hydrogen-bond donors (Lipinski definition) is 1. The Hall–Kier alpha value is -0.0800. The summed E-state index contributed by atoms with van der Waals surface area (Å²) in [5.41, 5.74) is 0. The first kappa shape index (κ1) is 11.4. The lowest BCUT2D eigenvalue weighted by Crippen LogP contribution is -2.45. The molecule has 1 saturated carbocycles. The lowest BCUT2D eigenvalue weighted by atomic mass is 9.97. The predicted molar refractivity (Wildman–Crippen MR) is 65.0 cm³/mol. The lowest BCUT2D eigenvalue weighted by molar-refractivity contribution is 0.218. The van der Waals surface area contributed by atoms with E-state index in [1.165, 1.54) is 51.7 Å². The molecular formula is C13H26N2. The maximum Gasteiger partial charge on any atom is 0.0195 e. The molecule has 1 saturated heterocycles. The van der Waals surface area contributed by atoms with Crippen LogP contribution in [-0.4, -0.2) is 37.6 Å². The number of hydrogen-bond acceptors (Lipinski definition) is 2. The Morgan fingerprint density at radius 2 is 2.07 bits per heavy atom. The molecule has 0 bridgehead atoms. The zero-order chi connectivity index (χ0) is 10.7. The molecule has 1 aliphatic carbocycles. The van der Waals surface area contributed by atoms with Gasteiger partial charge in [0.2, 0.25) is 0 Å². The van der Waals surface area contributed by atoms with Crippen molar-refractivity contribution in [3.05, 3.63) is 0 Å². The van der Waals surface area contributed by atoms with Crippen molar-refractivity contribution in [2.75, 3.05) is 26.7 Å². The van der Waals surface area contributed by atoms with Gasteiger partial charge in [0.15, 0.2) is 0 Å². The highest BCUT2D eigenvalue weighted by molar-refractivity contribution is 4.81. The maximum absolute atomic E-state index is 3.78. The first-order chi connectivity index (χ1) is 7.25. The van der Waals surface area contributed by atoms with Crippen LogP contribution < -0.4 is 5.32 Å². The van der Waals surface area contributed by atoms with Crippen molar-refractivity contribution >= 4 is 0 Å². The molecular weight excluding hydrogens is 184 g/mol. The maximum atomic E-state index is 3.78. The summed E-state index contributed by atoms with van der Waals surface area (Å²) in [6.45, 7) is 6.23. The third-order valence-electron chi connectivity index (χ3n) is 4.33. The van der Waals surface area contributed by atoms with Gasteiger partial charge < -0.3 is 10.2 Å². The summed E-state index contributed by atoms with van der Waals surface area (Å²) in [5.74, 6) is 1.91. The predicted octanol–water partition coefficient (Wildman–Crippen LogP) is 2.11. The van der Waals surface area contributed by atoms with E-state index in [-0.39, 0.29) is 0 Å². The van der Waals surface area contributed by atoms with Gasteiger partial charge in [0.1, 0.15) is 0 Å². The van der Waals surface area contributed by atoms with E-state index in [1.54, 1.807) is 0 Å². The minimum absolute atomic E-state index is 0.761. The van der Waals surface area contributed by atoms with Gasteiger partial charge >= 0.3 is 0 Å². The summed E-state index contributed by atoms with van der Waals surface area (Å²) in [5, 5.41) is 3.78. The molecule has 1 heterocycles. The van der Waals surface area contributed by atoms with Crippen LogP contribution in [0.5, 0.6) is 0 Å². The molecule has 1 aliphatic heterocycles. The van der Waals surface area contributed by atoms with Crippen molar-refractivity contribution in [1.82, 2.24) is 10.2 Å². The van der Waals surface area contributed by atoms with Crippen LogP contribution >= 0.6 is 0 Å². The van der Waals surface area contributed by atoms with Gasteiger partial charge in [-0.05, 0) is 51.2 Å². The fourth-order valence-electron chi connectivity index (χ4n) is 3.18. The monoisotopic (exact) mass is 210 g/mol. The van der Waals surface area contributed by atoms with Gasteiger partial charge in [0.05, 0.1) is 0 Å². The largest absolute Gasteiger partial charge is 0.312 e. The van der Waals surface area contributed by atoms with E-state index in [9.17, 15) is 0 Å². The van der Waals surface area contributed by atoms with Gasteiger partial charge in [-0.3, -0.25) is 0 Å². The molecule has 0 radical (unpaired) electrons. The summed E-state index contributed by atoms with van der Waals surface area (Å²) in [6, 6.07) is 0.761. The van der Waals surface area contributed by atoms with Crippen LogP contribution in [0.2, 0.25) is 0 Å². The van der Waals surface area contributed by atoms with Crippen molar-refractivity contribution in [1.29, 1.82) is 0 Å². The number of rotatable bonds is 3. The molecule has 0 amide bonds. The van der Waals surface area contributed by atoms with Crippen LogP contribution in [0.15, 0.2) is 0 Å². The summed E-state index contributed by atoms with van der Waals surface area (Å²) in [7, 11) is 2.24. The van der Waals surface area contributed by atoms with Crippen LogP contribution in [0.4, 0.5) is 0 Å². The molecule has 3 unspecified atom stereocenters. The summed E-state index contributed by atoms with van der Waals surface area (Å²) < 4.78 is 0. The molecule has 0 spiro atoms. The molecule has 2 aliphatic rings. The molecule has 2 fully saturated rings. The smallest absolute Gasteiger partial charge is 0.0195 e. The highest BCUT2D eigenvalue weighted by Gasteiger charge is 2.24. The first-order valence-electron chi connectivity index (χ1n) is 6.67. The van der Waals surface area contributed by atoms with E-state index in [1.807, 2.05) is 0 Å². The van der Waals surface area contributed by atoms with Crippen molar-refractivity contribution < 1.29 is 0 Å².